The van der Waals surface area contributed by atoms with E-state index in [0.29, 0.717) is 25.1 Å². The molecule has 1 rings (SSSR count). The molecule has 118 valence electrons. The summed E-state index contributed by atoms with van der Waals surface area (Å²) < 4.78 is 25.9. The monoisotopic (exact) mass is 313 g/mol. The topological polar surface area (TPSA) is 106 Å². The fourth-order valence-corrected chi connectivity index (χ4v) is 3.43. The number of nitrogens with zero attached hydrogens (tertiary/aromatic N) is 1. The molecule has 21 heavy (non-hydrogen) atoms. The van der Waals surface area contributed by atoms with Crippen molar-refractivity contribution in [2.24, 2.45) is 11.5 Å². The number of carbonyl (C=O) groups is 1. The molecule has 1 aromatic rings. The highest BCUT2D eigenvalue weighted by atomic mass is 32.2. The molecular formula is C14H23N3O3S. The summed E-state index contributed by atoms with van der Waals surface area (Å²) in [6, 6.07) is 7.08. The van der Waals surface area contributed by atoms with Gasteiger partial charge in [0.1, 0.15) is 0 Å². The highest BCUT2D eigenvalue weighted by Gasteiger charge is 2.23. The smallest absolute Gasteiger partial charge is 0.232 e. The van der Waals surface area contributed by atoms with Gasteiger partial charge in [0, 0.05) is 13.1 Å². The number of carbonyl (C=O) groups excluding carboxylic acids is 1. The maximum atomic E-state index is 12.4. The van der Waals surface area contributed by atoms with Crippen molar-refractivity contribution in [2.45, 2.75) is 32.1 Å². The Morgan fingerprint density at radius 1 is 1.19 bits per heavy atom. The largest absolute Gasteiger partial charge is 0.369 e. The van der Waals surface area contributed by atoms with Crippen molar-refractivity contribution in [3.8, 4) is 0 Å². The van der Waals surface area contributed by atoms with Gasteiger partial charge in [0.05, 0.1) is 12.3 Å². The van der Waals surface area contributed by atoms with Gasteiger partial charge in [-0.3, -0.25) is 4.79 Å². The van der Waals surface area contributed by atoms with Crippen LogP contribution in [0.5, 0.6) is 0 Å². The van der Waals surface area contributed by atoms with E-state index in [1.807, 2.05) is 6.92 Å². The normalized spacial score (nSPS) is 11.8. The van der Waals surface area contributed by atoms with Crippen molar-refractivity contribution in [3.63, 3.8) is 0 Å². The van der Waals surface area contributed by atoms with Gasteiger partial charge in [0.15, 0.2) is 0 Å². The minimum atomic E-state index is -3.56. The Kier molecular flexibility index (Phi) is 6.80. The lowest BCUT2D eigenvalue weighted by Gasteiger charge is -2.20. The summed E-state index contributed by atoms with van der Waals surface area (Å²) in [5.74, 6) is -0.789. The second-order valence-electron chi connectivity index (χ2n) is 4.93. The molecule has 0 aliphatic rings. The van der Waals surface area contributed by atoms with Crippen LogP contribution in [0.3, 0.4) is 0 Å². The lowest BCUT2D eigenvalue weighted by Crippen LogP contribution is -2.39. The summed E-state index contributed by atoms with van der Waals surface area (Å²) >= 11 is 0. The number of benzene rings is 1. The summed E-state index contributed by atoms with van der Waals surface area (Å²) in [5, 5.41) is 0. The van der Waals surface area contributed by atoms with Crippen LogP contribution < -0.4 is 11.5 Å². The number of sulfonamides is 1. The van der Waals surface area contributed by atoms with Gasteiger partial charge in [-0.15, -0.1) is 0 Å². The predicted molar refractivity (Wildman–Crippen MR) is 82.6 cm³/mol. The van der Waals surface area contributed by atoms with Crippen molar-refractivity contribution in [1.29, 1.82) is 0 Å². The van der Waals surface area contributed by atoms with Crippen LogP contribution in [0.15, 0.2) is 24.3 Å². The molecule has 7 heteroatoms. The third kappa shape index (κ3) is 5.82. The molecule has 0 atom stereocenters. The van der Waals surface area contributed by atoms with E-state index in [1.165, 1.54) is 0 Å². The molecule has 0 spiro atoms. The lowest BCUT2D eigenvalue weighted by atomic mass is 10.1. The summed E-state index contributed by atoms with van der Waals surface area (Å²) in [6.07, 6.45) is 1.54. The molecule has 0 aliphatic heterocycles. The Bertz CT molecular complexity index is 555. The number of hydrogen-bond donors (Lipinski definition) is 2. The number of rotatable bonds is 9. The molecule has 4 N–H and O–H groups in total. The van der Waals surface area contributed by atoms with E-state index in [4.69, 9.17) is 11.5 Å². The fraction of sp³-hybridized carbons (Fsp3) is 0.500. The van der Waals surface area contributed by atoms with Gasteiger partial charge in [-0.05, 0) is 17.5 Å². The molecule has 0 unspecified atom stereocenters. The highest BCUT2D eigenvalue weighted by molar-refractivity contribution is 7.88. The molecule has 1 amide bonds. The summed E-state index contributed by atoms with van der Waals surface area (Å²) in [7, 11) is -3.56. The van der Waals surface area contributed by atoms with E-state index in [0.717, 1.165) is 16.3 Å². The Morgan fingerprint density at radius 2 is 1.76 bits per heavy atom. The van der Waals surface area contributed by atoms with Gasteiger partial charge in [-0.1, -0.05) is 37.6 Å². The van der Waals surface area contributed by atoms with Gasteiger partial charge >= 0.3 is 0 Å². The molecule has 0 radical (unpaired) electrons. The molecule has 0 saturated heterocycles. The van der Waals surface area contributed by atoms with Crippen LogP contribution in [-0.2, 0) is 27.1 Å². The van der Waals surface area contributed by atoms with Crippen molar-refractivity contribution >= 4 is 15.9 Å². The predicted octanol–water partition coefficient (Wildman–Crippen LogP) is 0.563. The first kappa shape index (κ1) is 17.6. The van der Waals surface area contributed by atoms with Crippen LogP contribution in [0.25, 0.3) is 0 Å². The molecule has 1 aromatic carbocycles. The Hall–Kier alpha value is -1.44. The van der Waals surface area contributed by atoms with Crippen molar-refractivity contribution in [2.75, 3.05) is 13.1 Å². The average molecular weight is 313 g/mol. The second kappa shape index (κ2) is 8.11. The van der Waals surface area contributed by atoms with Crippen LogP contribution in [0.2, 0.25) is 0 Å². The molecule has 0 aromatic heterocycles. The Morgan fingerprint density at radius 3 is 2.24 bits per heavy atom. The van der Waals surface area contributed by atoms with Crippen LogP contribution >= 0.6 is 0 Å². The zero-order valence-electron chi connectivity index (χ0n) is 12.3. The van der Waals surface area contributed by atoms with E-state index in [9.17, 15) is 13.2 Å². The quantitative estimate of drug-likeness (QED) is 0.694. The zero-order chi connectivity index (χ0) is 15.9. The van der Waals surface area contributed by atoms with Crippen LogP contribution in [0.4, 0.5) is 0 Å². The van der Waals surface area contributed by atoms with Crippen molar-refractivity contribution in [3.05, 3.63) is 35.4 Å². The highest BCUT2D eigenvalue weighted by Crippen LogP contribution is 2.13. The third-order valence-electron chi connectivity index (χ3n) is 3.09. The van der Waals surface area contributed by atoms with Crippen LogP contribution in [-0.4, -0.2) is 31.7 Å². The van der Waals surface area contributed by atoms with E-state index < -0.39 is 15.9 Å². The van der Waals surface area contributed by atoms with E-state index >= 15 is 0 Å². The number of primary amides is 1. The minimum absolute atomic E-state index is 0.144. The van der Waals surface area contributed by atoms with E-state index in [-0.39, 0.29) is 12.3 Å². The fourth-order valence-electron chi connectivity index (χ4n) is 1.90. The average Bonchev–Trinajstić information content (AvgIpc) is 2.43. The molecular weight excluding hydrogens is 290 g/mol. The second-order valence-corrected chi connectivity index (χ2v) is 6.90. The van der Waals surface area contributed by atoms with Gasteiger partial charge < -0.3 is 11.5 Å². The van der Waals surface area contributed by atoms with Gasteiger partial charge in [0.25, 0.3) is 0 Å². The first-order valence-electron chi connectivity index (χ1n) is 6.93. The van der Waals surface area contributed by atoms with Gasteiger partial charge in [0.2, 0.25) is 15.9 Å². The first-order chi connectivity index (χ1) is 9.89. The zero-order valence-corrected chi connectivity index (χ0v) is 13.1. The Balaban J connectivity index is 2.85. The molecule has 0 fully saturated rings. The lowest BCUT2D eigenvalue weighted by molar-refractivity contribution is -0.118. The molecule has 0 bridgehead atoms. The maximum absolute atomic E-state index is 12.4. The molecule has 0 aliphatic carbocycles. The SMILES string of the molecule is CCCCN(CC(N)=O)S(=O)(=O)Cc1ccc(CN)cc1. The summed E-state index contributed by atoms with van der Waals surface area (Å²) in [5.41, 5.74) is 12.2. The standard InChI is InChI=1S/C14H23N3O3S/c1-2-3-8-17(10-14(16)18)21(19,20)11-13-6-4-12(9-15)5-7-13/h4-7H,2-3,8-11,15H2,1H3,(H2,16,18). The molecule has 0 saturated carbocycles. The Labute approximate surface area is 126 Å². The number of unbranched alkanes of at least 4 members (excludes halogenated alkanes) is 1. The van der Waals surface area contributed by atoms with Crippen LogP contribution in [0, 0.1) is 0 Å². The minimum Gasteiger partial charge on any atom is -0.369 e. The van der Waals surface area contributed by atoms with Crippen molar-refractivity contribution in [1.82, 2.24) is 4.31 Å². The first-order valence-corrected chi connectivity index (χ1v) is 8.54. The number of nitrogens with two attached hydrogens (primary N) is 2. The number of hydrogen-bond acceptors (Lipinski definition) is 4. The summed E-state index contributed by atoms with van der Waals surface area (Å²) in [6.45, 7) is 2.41. The third-order valence-corrected chi connectivity index (χ3v) is 4.89. The van der Waals surface area contributed by atoms with Crippen LogP contribution in [0.1, 0.15) is 30.9 Å². The van der Waals surface area contributed by atoms with Gasteiger partial charge in [-0.2, -0.15) is 4.31 Å². The van der Waals surface area contributed by atoms with E-state index in [1.54, 1.807) is 24.3 Å². The summed E-state index contributed by atoms with van der Waals surface area (Å²) in [4.78, 5) is 11.1. The maximum Gasteiger partial charge on any atom is 0.232 e. The molecule has 0 heterocycles. The van der Waals surface area contributed by atoms with Gasteiger partial charge in [-0.25, -0.2) is 8.42 Å². The van der Waals surface area contributed by atoms with E-state index in [2.05, 4.69) is 0 Å². The number of amides is 1. The molecule has 6 nitrogen and oxygen atoms in total. The van der Waals surface area contributed by atoms with Crippen molar-refractivity contribution < 1.29 is 13.2 Å².